The van der Waals surface area contributed by atoms with Crippen LogP contribution in [0.5, 0.6) is 0 Å². The van der Waals surface area contributed by atoms with Gasteiger partial charge in [-0.1, -0.05) is 48.0 Å². The van der Waals surface area contributed by atoms with Gasteiger partial charge in [-0.25, -0.2) is 4.98 Å². The van der Waals surface area contributed by atoms with Crippen LogP contribution in [0.1, 0.15) is 10.5 Å². The minimum absolute atomic E-state index is 0.247. The van der Waals surface area contributed by atoms with Crippen molar-refractivity contribution in [2.45, 2.75) is 0 Å². The fourth-order valence-electron chi connectivity index (χ4n) is 2.61. The topological polar surface area (TPSA) is 54.9 Å². The van der Waals surface area contributed by atoms with Gasteiger partial charge in [0.1, 0.15) is 10.7 Å². The molecule has 0 unspecified atom stereocenters. The number of halogens is 1. The molecule has 27 heavy (non-hydrogen) atoms. The predicted molar refractivity (Wildman–Crippen MR) is 110 cm³/mol. The molecule has 4 nitrogen and oxygen atoms in total. The number of pyridine rings is 1. The van der Waals surface area contributed by atoms with Crippen LogP contribution in [0.15, 0.2) is 78.3 Å². The molecule has 0 aliphatic heterocycles. The Morgan fingerprint density at radius 2 is 1.85 bits per heavy atom. The van der Waals surface area contributed by atoms with Crippen molar-refractivity contribution < 1.29 is 4.79 Å². The number of hydrogen-bond donors (Lipinski definition) is 1. The zero-order chi connectivity index (χ0) is 18.6. The summed E-state index contributed by atoms with van der Waals surface area (Å²) in [6, 6.07) is 20.5. The van der Waals surface area contributed by atoms with Gasteiger partial charge in [-0.3, -0.25) is 9.78 Å². The number of aromatic nitrogens is 2. The number of anilines is 1. The van der Waals surface area contributed by atoms with Crippen molar-refractivity contribution in [2.24, 2.45) is 0 Å². The Kier molecular flexibility index (Phi) is 4.96. The smallest absolute Gasteiger partial charge is 0.274 e. The van der Waals surface area contributed by atoms with Crippen molar-refractivity contribution >= 4 is 34.5 Å². The second-order valence-electron chi connectivity index (χ2n) is 5.77. The summed E-state index contributed by atoms with van der Waals surface area (Å²) in [5.74, 6) is -0.247. The van der Waals surface area contributed by atoms with Gasteiger partial charge in [-0.2, -0.15) is 0 Å². The summed E-state index contributed by atoms with van der Waals surface area (Å²) in [6.45, 7) is 0. The summed E-state index contributed by atoms with van der Waals surface area (Å²) in [5.41, 5.74) is 3.73. The third-order valence-corrected chi connectivity index (χ3v) is 5.13. The van der Waals surface area contributed by atoms with E-state index in [1.165, 1.54) is 11.3 Å². The van der Waals surface area contributed by atoms with Gasteiger partial charge < -0.3 is 5.32 Å². The molecular formula is C21H14ClN3OS. The number of rotatable bonds is 4. The normalized spacial score (nSPS) is 10.6. The van der Waals surface area contributed by atoms with Crippen molar-refractivity contribution in [1.29, 1.82) is 0 Å². The first-order valence-electron chi connectivity index (χ1n) is 8.24. The quantitative estimate of drug-likeness (QED) is 0.480. The lowest BCUT2D eigenvalue weighted by Gasteiger charge is -2.06. The Bertz CT molecular complexity index is 1100. The maximum absolute atomic E-state index is 12.3. The largest absolute Gasteiger partial charge is 0.321 e. The Hall–Kier alpha value is -3.02. The Labute approximate surface area is 165 Å². The molecule has 1 amide bonds. The molecule has 0 aliphatic carbocycles. The summed E-state index contributed by atoms with van der Waals surface area (Å²) in [6.07, 6.45) is 1.59. The molecular weight excluding hydrogens is 378 g/mol. The number of benzene rings is 2. The van der Waals surface area contributed by atoms with Crippen LogP contribution in [0.2, 0.25) is 5.02 Å². The number of thiazole rings is 1. The van der Waals surface area contributed by atoms with Crippen LogP contribution in [-0.2, 0) is 0 Å². The van der Waals surface area contributed by atoms with Crippen LogP contribution in [0, 0.1) is 0 Å². The lowest BCUT2D eigenvalue weighted by Crippen LogP contribution is -2.13. The van der Waals surface area contributed by atoms with Gasteiger partial charge >= 0.3 is 0 Å². The number of nitrogens with zero attached hydrogens (tertiary/aromatic N) is 2. The lowest BCUT2D eigenvalue weighted by atomic mass is 10.1. The Morgan fingerprint density at radius 3 is 2.67 bits per heavy atom. The number of nitrogens with one attached hydrogen (secondary N) is 1. The van der Waals surface area contributed by atoms with Gasteiger partial charge in [0.05, 0.1) is 10.7 Å². The van der Waals surface area contributed by atoms with E-state index in [4.69, 9.17) is 16.6 Å². The first-order chi connectivity index (χ1) is 13.2. The molecule has 4 rings (SSSR count). The molecule has 4 aromatic rings. The molecule has 2 aromatic carbocycles. The van der Waals surface area contributed by atoms with E-state index in [1.807, 2.05) is 53.9 Å². The second-order valence-corrected chi connectivity index (χ2v) is 7.03. The van der Waals surface area contributed by atoms with Crippen molar-refractivity contribution in [1.82, 2.24) is 9.97 Å². The minimum Gasteiger partial charge on any atom is -0.321 e. The zero-order valence-electron chi connectivity index (χ0n) is 14.1. The van der Waals surface area contributed by atoms with Crippen LogP contribution in [0.25, 0.3) is 21.8 Å². The number of hydrogen-bond acceptors (Lipinski definition) is 4. The van der Waals surface area contributed by atoms with Crippen molar-refractivity contribution in [3.05, 3.63) is 89.0 Å². The molecule has 2 heterocycles. The Morgan fingerprint density at radius 1 is 1.00 bits per heavy atom. The highest BCUT2D eigenvalue weighted by Gasteiger charge is 2.11. The van der Waals surface area contributed by atoms with Crippen LogP contribution in [0.3, 0.4) is 0 Å². The fraction of sp³-hybridized carbons (Fsp3) is 0. The monoisotopic (exact) mass is 391 g/mol. The van der Waals surface area contributed by atoms with E-state index in [2.05, 4.69) is 10.3 Å². The average molecular weight is 392 g/mol. The van der Waals surface area contributed by atoms with Crippen molar-refractivity contribution in [2.75, 3.05) is 5.32 Å². The zero-order valence-corrected chi connectivity index (χ0v) is 15.7. The highest BCUT2D eigenvalue weighted by molar-refractivity contribution is 7.13. The van der Waals surface area contributed by atoms with E-state index in [9.17, 15) is 4.79 Å². The summed E-state index contributed by atoms with van der Waals surface area (Å²) < 4.78 is 0. The fourth-order valence-corrected chi connectivity index (χ4v) is 3.76. The van der Waals surface area contributed by atoms with Crippen LogP contribution in [0.4, 0.5) is 5.69 Å². The molecule has 0 saturated carbocycles. The lowest BCUT2D eigenvalue weighted by molar-refractivity contribution is 0.102. The molecule has 0 aliphatic rings. The number of amides is 1. The SMILES string of the molecule is O=C(Nc1cccc(-c2csc(-c3ccccc3Cl)n2)c1)c1ccccn1. The highest BCUT2D eigenvalue weighted by Crippen LogP contribution is 2.33. The summed E-state index contributed by atoms with van der Waals surface area (Å²) >= 11 is 7.80. The number of carbonyl (C=O) groups is 1. The molecule has 0 spiro atoms. The van der Waals surface area contributed by atoms with Crippen molar-refractivity contribution in [3.8, 4) is 21.8 Å². The van der Waals surface area contributed by atoms with Gasteiger partial charge in [-0.05, 0) is 30.3 Å². The van der Waals surface area contributed by atoms with Crippen molar-refractivity contribution in [3.63, 3.8) is 0 Å². The maximum atomic E-state index is 12.3. The van der Waals surface area contributed by atoms with Crippen LogP contribution < -0.4 is 5.32 Å². The molecule has 0 radical (unpaired) electrons. The van der Waals surface area contributed by atoms with E-state index in [0.29, 0.717) is 16.4 Å². The first-order valence-corrected chi connectivity index (χ1v) is 9.50. The van der Waals surface area contributed by atoms with E-state index >= 15 is 0 Å². The standard InChI is InChI=1S/C21H14ClN3OS/c22-17-9-2-1-8-16(17)21-25-19(13-27-21)14-6-5-7-15(12-14)24-20(26)18-10-3-4-11-23-18/h1-13H,(H,24,26). The molecule has 1 N–H and O–H groups in total. The summed E-state index contributed by atoms with van der Waals surface area (Å²) in [7, 11) is 0. The second kappa shape index (κ2) is 7.70. The van der Waals surface area contributed by atoms with Gasteiger partial charge in [0, 0.05) is 28.4 Å². The average Bonchev–Trinajstić information content (AvgIpc) is 3.19. The van der Waals surface area contributed by atoms with E-state index < -0.39 is 0 Å². The number of carbonyl (C=O) groups excluding carboxylic acids is 1. The van der Waals surface area contributed by atoms with Gasteiger partial charge in [0.25, 0.3) is 5.91 Å². The molecule has 6 heteroatoms. The summed E-state index contributed by atoms with van der Waals surface area (Å²) in [5, 5.41) is 6.39. The molecule has 132 valence electrons. The highest BCUT2D eigenvalue weighted by atomic mass is 35.5. The molecule has 0 atom stereocenters. The molecule has 0 bridgehead atoms. The minimum atomic E-state index is -0.247. The Balaban J connectivity index is 1.58. The van der Waals surface area contributed by atoms with Crippen LogP contribution >= 0.6 is 22.9 Å². The predicted octanol–water partition coefficient (Wildman–Crippen LogP) is 5.78. The third-order valence-electron chi connectivity index (χ3n) is 3.92. The molecule has 0 saturated heterocycles. The van der Waals surface area contributed by atoms with Crippen LogP contribution in [-0.4, -0.2) is 15.9 Å². The molecule has 2 aromatic heterocycles. The van der Waals surface area contributed by atoms with Gasteiger partial charge in [0.15, 0.2) is 0 Å². The van der Waals surface area contributed by atoms with Gasteiger partial charge in [0.2, 0.25) is 0 Å². The molecule has 0 fully saturated rings. The van der Waals surface area contributed by atoms with E-state index in [0.717, 1.165) is 21.8 Å². The third kappa shape index (κ3) is 3.89. The van der Waals surface area contributed by atoms with Gasteiger partial charge in [-0.15, -0.1) is 11.3 Å². The maximum Gasteiger partial charge on any atom is 0.274 e. The first kappa shape index (κ1) is 17.4. The summed E-state index contributed by atoms with van der Waals surface area (Å²) in [4.78, 5) is 21.1. The van der Waals surface area contributed by atoms with E-state index in [-0.39, 0.29) is 5.91 Å². The van der Waals surface area contributed by atoms with E-state index in [1.54, 1.807) is 24.4 Å².